The van der Waals surface area contributed by atoms with E-state index < -0.39 is 5.82 Å². The lowest BCUT2D eigenvalue weighted by Crippen LogP contribution is -2.35. The quantitative estimate of drug-likeness (QED) is 0.790. The Morgan fingerprint density at radius 2 is 2.14 bits per heavy atom. The smallest absolute Gasteiger partial charge is 0.309 e. The molecule has 1 unspecified atom stereocenters. The molecule has 0 aliphatic heterocycles. The molecule has 1 N–H and O–H groups in total. The molecular weight excluding hydrogens is 343 g/mol. The highest BCUT2D eigenvalue weighted by atomic mass is 79.9. The van der Waals surface area contributed by atoms with Crippen molar-refractivity contribution < 1.29 is 18.7 Å². The van der Waals surface area contributed by atoms with Crippen molar-refractivity contribution in [3.63, 3.8) is 0 Å². The zero-order valence-corrected chi connectivity index (χ0v) is 13.7. The number of esters is 1. The van der Waals surface area contributed by atoms with Crippen LogP contribution >= 0.6 is 15.9 Å². The van der Waals surface area contributed by atoms with Crippen LogP contribution < -0.4 is 5.32 Å². The second-order valence-corrected chi connectivity index (χ2v) is 5.71. The van der Waals surface area contributed by atoms with Gasteiger partial charge in [0.15, 0.2) is 0 Å². The number of hydrogen-bond acceptors (Lipinski definition) is 4. The van der Waals surface area contributed by atoms with Crippen molar-refractivity contribution in [1.29, 1.82) is 0 Å². The number of carbonyl (C=O) groups is 2. The number of likely N-dealkylation sites (N-methyl/N-ethyl adjacent to an activating group) is 1. The second-order valence-electron chi connectivity index (χ2n) is 4.79. The minimum absolute atomic E-state index is 0.0524. The normalized spacial score (nSPS) is 12.1. The van der Waals surface area contributed by atoms with Crippen LogP contribution in [-0.4, -0.2) is 44.0 Å². The highest BCUT2D eigenvalue weighted by Gasteiger charge is 2.17. The standard InChI is InChI=1S/C14H18BrFN2O3/c1-9(14(20)21-3)7-18(2)8-13(19)17-12-5-4-10(15)6-11(12)16/h4-6,9H,7-8H2,1-3H3,(H,17,19). The Labute approximate surface area is 131 Å². The number of rotatable bonds is 6. The van der Waals surface area contributed by atoms with Crippen molar-refractivity contribution in [2.75, 3.05) is 32.6 Å². The van der Waals surface area contributed by atoms with Gasteiger partial charge in [-0.25, -0.2) is 4.39 Å². The summed E-state index contributed by atoms with van der Waals surface area (Å²) >= 11 is 3.15. The molecule has 0 aromatic heterocycles. The van der Waals surface area contributed by atoms with E-state index >= 15 is 0 Å². The first-order valence-electron chi connectivity index (χ1n) is 6.34. The van der Waals surface area contributed by atoms with Gasteiger partial charge in [-0.05, 0) is 25.2 Å². The molecule has 1 aromatic carbocycles. The maximum Gasteiger partial charge on any atom is 0.309 e. The van der Waals surface area contributed by atoms with Crippen LogP contribution in [0.2, 0.25) is 0 Å². The van der Waals surface area contributed by atoms with Gasteiger partial charge < -0.3 is 10.1 Å². The van der Waals surface area contributed by atoms with Crippen molar-refractivity contribution in [3.8, 4) is 0 Å². The van der Waals surface area contributed by atoms with Gasteiger partial charge in [-0.1, -0.05) is 22.9 Å². The van der Waals surface area contributed by atoms with Crippen LogP contribution in [0.3, 0.4) is 0 Å². The van der Waals surface area contributed by atoms with Gasteiger partial charge in [-0.3, -0.25) is 14.5 Å². The summed E-state index contributed by atoms with van der Waals surface area (Å²) in [7, 11) is 3.03. The molecule has 1 amide bonds. The van der Waals surface area contributed by atoms with Crippen molar-refractivity contribution >= 4 is 33.5 Å². The molecule has 5 nitrogen and oxygen atoms in total. The van der Waals surface area contributed by atoms with Crippen LogP contribution in [0.25, 0.3) is 0 Å². The maximum absolute atomic E-state index is 13.6. The number of hydrogen-bond donors (Lipinski definition) is 1. The Balaban J connectivity index is 2.51. The van der Waals surface area contributed by atoms with E-state index in [4.69, 9.17) is 0 Å². The fourth-order valence-electron chi connectivity index (χ4n) is 1.83. The summed E-state index contributed by atoms with van der Waals surface area (Å²) in [6, 6.07) is 4.40. The summed E-state index contributed by atoms with van der Waals surface area (Å²) in [5, 5.41) is 2.49. The zero-order chi connectivity index (χ0) is 16.0. The van der Waals surface area contributed by atoms with E-state index in [1.54, 1.807) is 24.9 Å². The Morgan fingerprint density at radius 1 is 1.48 bits per heavy atom. The summed E-state index contributed by atoms with van der Waals surface area (Å²) < 4.78 is 18.8. The summed E-state index contributed by atoms with van der Waals surface area (Å²) in [6.45, 7) is 2.15. The number of halogens is 2. The molecule has 0 fully saturated rings. The van der Waals surface area contributed by atoms with Crippen LogP contribution in [0.5, 0.6) is 0 Å². The SMILES string of the molecule is COC(=O)C(C)CN(C)CC(=O)Nc1ccc(Br)cc1F. The molecule has 0 spiro atoms. The average molecular weight is 361 g/mol. The second kappa shape index (κ2) is 8.09. The van der Waals surface area contributed by atoms with Gasteiger partial charge in [0.2, 0.25) is 5.91 Å². The van der Waals surface area contributed by atoms with Crippen LogP contribution in [0.1, 0.15) is 6.92 Å². The van der Waals surface area contributed by atoms with E-state index in [0.29, 0.717) is 11.0 Å². The molecule has 0 radical (unpaired) electrons. The number of amides is 1. The van der Waals surface area contributed by atoms with Crippen LogP contribution in [0.15, 0.2) is 22.7 Å². The molecule has 0 aliphatic rings. The molecule has 116 valence electrons. The zero-order valence-electron chi connectivity index (χ0n) is 12.2. The Bertz CT molecular complexity index is 525. The number of benzene rings is 1. The third kappa shape index (κ3) is 5.81. The van der Waals surface area contributed by atoms with Crippen LogP contribution in [0, 0.1) is 11.7 Å². The highest BCUT2D eigenvalue weighted by Crippen LogP contribution is 2.19. The van der Waals surface area contributed by atoms with Crippen molar-refractivity contribution in [2.45, 2.75) is 6.92 Å². The van der Waals surface area contributed by atoms with Gasteiger partial charge in [0.1, 0.15) is 5.82 Å². The van der Waals surface area contributed by atoms with Gasteiger partial charge >= 0.3 is 5.97 Å². The van der Waals surface area contributed by atoms with Crippen LogP contribution in [0.4, 0.5) is 10.1 Å². The van der Waals surface area contributed by atoms with E-state index in [1.165, 1.54) is 19.2 Å². The monoisotopic (exact) mass is 360 g/mol. The van der Waals surface area contributed by atoms with E-state index in [0.717, 1.165) is 0 Å². The number of nitrogens with one attached hydrogen (secondary N) is 1. The minimum atomic E-state index is -0.511. The van der Waals surface area contributed by atoms with E-state index in [1.807, 2.05) is 0 Å². The fourth-order valence-corrected chi connectivity index (χ4v) is 2.17. The molecule has 1 atom stereocenters. The maximum atomic E-state index is 13.6. The number of carbonyl (C=O) groups excluding carboxylic acids is 2. The molecule has 0 aliphatic carbocycles. The predicted molar refractivity (Wildman–Crippen MR) is 81.4 cm³/mol. The van der Waals surface area contributed by atoms with Gasteiger partial charge in [0, 0.05) is 11.0 Å². The molecule has 0 bridgehead atoms. The molecule has 0 saturated carbocycles. The first-order valence-corrected chi connectivity index (χ1v) is 7.14. The van der Waals surface area contributed by atoms with Gasteiger partial charge in [0.25, 0.3) is 0 Å². The summed E-state index contributed by atoms with van der Waals surface area (Å²) in [5.41, 5.74) is 0.123. The topological polar surface area (TPSA) is 58.6 Å². The molecule has 7 heteroatoms. The third-order valence-corrected chi connectivity index (χ3v) is 3.30. The molecular formula is C14H18BrFN2O3. The highest BCUT2D eigenvalue weighted by molar-refractivity contribution is 9.10. The average Bonchev–Trinajstić information content (AvgIpc) is 2.40. The Kier molecular flexibility index (Phi) is 6.77. The summed E-state index contributed by atoms with van der Waals surface area (Å²) in [6.07, 6.45) is 0. The fraction of sp³-hybridized carbons (Fsp3) is 0.429. The molecule has 21 heavy (non-hydrogen) atoms. The minimum Gasteiger partial charge on any atom is -0.469 e. The molecule has 0 saturated heterocycles. The molecule has 1 rings (SSSR count). The van der Waals surface area contributed by atoms with Crippen molar-refractivity contribution in [2.24, 2.45) is 5.92 Å². The molecule has 1 aromatic rings. The first kappa shape index (κ1) is 17.6. The Hall–Kier alpha value is -1.47. The van der Waals surface area contributed by atoms with E-state index in [9.17, 15) is 14.0 Å². The lowest BCUT2D eigenvalue weighted by molar-refractivity contribution is -0.145. The summed E-state index contributed by atoms with van der Waals surface area (Å²) in [5.74, 6) is -1.53. The first-order chi connectivity index (χ1) is 9.83. The van der Waals surface area contributed by atoms with E-state index in [2.05, 4.69) is 26.0 Å². The Morgan fingerprint density at radius 3 is 2.71 bits per heavy atom. The molecule has 0 heterocycles. The van der Waals surface area contributed by atoms with Gasteiger partial charge in [-0.2, -0.15) is 0 Å². The lowest BCUT2D eigenvalue weighted by Gasteiger charge is -2.19. The van der Waals surface area contributed by atoms with Crippen molar-refractivity contribution in [1.82, 2.24) is 4.90 Å². The number of nitrogens with zero attached hydrogens (tertiary/aromatic N) is 1. The summed E-state index contributed by atoms with van der Waals surface area (Å²) in [4.78, 5) is 24.8. The van der Waals surface area contributed by atoms with Gasteiger partial charge in [-0.15, -0.1) is 0 Å². The van der Waals surface area contributed by atoms with Crippen LogP contribution in [-0.2, 0) is 14.3 Å². The third-order valence-electron chi connectivity index (χ3n) is 2.81. The largest absolute Gasteiger partial charge is 0.469 e. The lowest BCUT2D eigenvalue weighted by atomic mass is 10.2. The number of anilines is 1. The number of ether oxygens (including phenoxy) is 1. The van der Waals surface area contributed by atoms with Gasteiger partial charge in [0.05, 0.1) is 25.3 Å². The van der Waals surface area contributed by atoms with Crippen molar-refractivity contribution in [3.05, 3.63) is 28.5 Å². The van der Waals surface area contributed by atoms with E-state index in [-0.39, 0.29) is 30.0 Å². The predicted octanol–water partition coefficient (Wildman–Crippen LogP) is 2.27. The number of methoxy groups -OCH3 is 1.